The van der Waals surface area contributed by atoms with Crippen LogP contribution < -0.4 is 5.32 Å². The van der Waals surface area contributed by atoms with Crippen molar-refractivity contribution in [1.29, 1.82) is 5.26 Å². The summed E-state index contributed by atoms with van der Waals surface area (Å²) in [6.45, 7) is 4.49. The molecule has 1 amide bonds. The van der Waals surface area contributed by atoms with Crippen molar-refractivity contribution in [2.75, 3.05) is 18.4 Å². The molecule has 124 valence electrons. The average Bonchev–Trinajstić information content (AvgIpc) is 3.02. The monoisotopic (exact) mass is 340 g/mol. The van der Waals surface area contributed by atoms with E-state index in [1.807, 2.05) is 18.3 Å². The number of nitriles is 1. The van der Waals surface area contributed by atoms with E-state index in [0.29, 0.717) is 11.0 Å². The van der Waals surface area contributed by atoms with Gasteiger partial charge in [-0.2, -0.15) is 5.26 Å². The second-order valence-corrected chi connectivity index (χ2v) is 7.21. The lowest BCUT2D eigenvalue weighted by atomic mass is 9.89. The third kappa shape index (κ3) is 4.19. The Morgan fingerprint density at radius 3 is 2.71 bits per heavy atom. The number of benzene rings is 1. The van der Waals surface area contributed by atoms with E-state index in [0.717, 1.165) is 38.0 Å². The van der Waals surface area contributed by atoms with Gasteiger partial charge in [-0.25, -0.2) is 4.98 Å². The summed E-state index contributed by atoms with van der Waals surface area (Å²) in [5.41, 5.74) is 2.05. The molecule has 0 atom stereocenters. The summed E-state index contributed by atoms with van der Waals surface area (Å²) in [5.74, 6) is 0.490. The molecule has 0 radical (unpaired) electrons. The lowest BCUT2D eigenvalue weighted by Gasteiger charge is -2.31. The molecule has 2 aromatic rings. The number of hydrogen-bond donors (Lipinski definition) is 1. The lowest BCUT2D eigenvalue weighted by Crippen LogP contribution is -2.32. The zero-order valence-corrected chi connectivity index (χ0v) is 14.5. The molecule has 1 aliphatic rings. The predicted molar refractivity (Wildman–Crippen MR) is 94.8 cm³/mol. The quantitative estimate of drug-likeness (QED) is 0.927. The summed E-state index contributed by atoms with van der Waals surface area (Å²) in [6, 6.07) is 10.1. The van der Waals surface area contributed by atoms with E-state index in [1.54, 1.807) is 11.3 Å². The van der Waals surface area contributed by atoms with Crippen molar-refractivity contribution in [1.82, 2.24) is 9.88 Å². The molecule has 0 unspecified atom stereocenters. The third-order valence-corrected chi connectivity index (χ3v) is 5.21. The maximum atomic E-state index is 11.1. The van der Waals surface area contributed by atoms with Crippen LogP contribution in [0.2, 0.25) is 0 Å². The highest BCUT2D eigenvalue weighted by Crippen LogP contribution is 2.29. The van der Waals surface area contributed by atoms with E-state index >= 15 is 0 Å². The highest BCUT2D eigenvalue weighted by Gasteiger charge is 2.21. The number of nitrogens with zero attached hydrogens (tertiary/aromatic N) is 3. The Labute approximate surface area is 145 Å². The number of anilines is 1. The van der Waals surface area contributed by atoms with Crippen LogP contribution in [0.15, 0.2) is 30.5 Å². The smallest absolute Gasteiger partial charge is 0.223 e. The summed E-state index contributed by atoms with van der Waals surface area (Å²) in [5, 5.41) is 12.3. The molecule has 2 heterocycles. The first-order valence-electron chi connectivity index (χ1n) is 8.09. The molecule has 0 bridgehead atoms. The number of thiazole rings is 1. The molecule has 3 rings (SSSR count). The minimum atomic E-state index is -0.0841. The number of likely N-dealkylation sites (tertiary alicyclic amines) is 1. The third-order valence-electron chi connectivity index (χ3n) is 4.31. The standard InChI is InChI=1S/C18H20N4OS/c1-13(23)21-18-20-11-17(24-18)12-22-8-6-16(7-9-22)15-4-2-14(10-19)3-5-15/h2-5,11,16H,6-9,12H2,1H3,(H,20,21,23). The van der Waals surface area contributed by atoms with E-state index in [-0.39, 0.29) is 5.91 Å². The summed E-state index contributed by atoms with van der Waals surface area (Å²) in [4.78, 5) is 18.9. The van der Waals surface area contributed by atoms with Crippen LogP contribution in [0.25, 0.3) is 0 Å². The molecular formula is C18H20N4OS. The van der Waals surface area contributed by atoms with Gasteiger partial charge in [-0.15, -0.1) is 11.3 Å². The topological polar surface area (TPSA) is 69.0 Å². The Bertz CT molecular complexity index is 739. The molecule has 1 aromatic heterocycles. The summed E-state index contributed by atoms with van der Waals surface area (Å²) < 4.78 is 0. The predicted octanol–water partition coefficient (Wildman–Crippen LogP) is 3.35. The molecule has 1 N–H and O–H groups in total. The average molecular weight is 340 g/mol. The summed E-state index contributed by atoms with van der Waals surface area (Å²) >= 11 is 1.54. The number of piperidine rings is 1. The van der Waals surface area contributed by atoms with Gasteiger partial charge in [0.05, 0.1) is 11.6 Å². The van der Waals surface area contributed by atoms with Gasteiger partial charge in [0, 0.05) is 24.5 Å². The van der Waals surface area contributed by atoms with Gasteiger partial charge in [0.15, 0.2) is 5.13 Å². The highest BCUT2D eigenvalue weighted by molar-refractivity contribution is 7.15. The zero-order valence-electron chi connectivity index (χ0n) is 13.7. The number of carbonyl (C=O) groups is 1. The number of rotatable bonds is 4. The molecule has 1 aromatic carbocycles. The van der Waals surface area contributed by atoms with Crippen molar-refractivity contribution in [2.45, 2.75) is 32.2 Å². The normalized spacial score (nSPS) is 15.8. The second-order valence-electron chi connectivity index (χ2n) is 6.10. The van der Waals surface area contributed by atoms with Crippen molar-refractivity contribution < 1.29 is 4.79 Å². The number of carbonyl (C=O) groups excluding carboxylic acids is 1. The van der Waals surface area contributed by atoms with Gasteiger partial charge in [-0.05, 0) is 49.5 Å². The minimum absolute atomic E-state index is 0.0841. The van der Waals surface area contributed by atoms with Crippen LogP contribution in [0, 0.1) is 11.3 Å². The molecule has 1 fully saturated rings. The van der Waals surface area contributed by atoms with E-state index in [1.165, 1.54) is 17.4 Å². The molecule has 0 spiro atoms. The van der Waals surface area contributed by atoms with Crippen LogP contribution >= 0.6 is 11.3 Å². The Morgan fingerprint density at radius 1 is 1.38 bits per heavy atom. The van der Waals surface area contributed by atoms with Crippen molar-refractivity contribution >= 4 is 22.4 Å². The Hall–Kier alpha value is -2.23. The van der Waals surface area contributed by atoms with Gasteiger partial charge in [-0.1, -0.05) is 12.1 Å². The Morgan fingerprint density at radius 2 is 2.08 bits per heavy atom. The zero-order chi connectivity index (χ0) is 16.9. The first-order chi connectivity index (χ1) is 11.6. The van der Waals surface area contributed by atoms with E-state index < -0.39 is 0 Å². The fraction of sp³-hybridized carbons (Fsp3) is 0.389. The summed E-state index contributed by atoms with van der Waals surface area (Å²) in [6.07, 6.45) is 4.11. The molecule has 0 saturated carbocycles. The number of nitrogens with one attached hydrogen (secondary N) is 1. The first kappa shape index (κ1) is 16.6. The van der Waals surface area contributed by atoms with Gasteiger partial charge in [0.25, 0.3) is 0 Å². The number of hydrogen-bond acceptors (Lipinski definition) is 5. The highest BCUT2D eigenvalue weighted by atomic mass is 32.1. The molecule has 24 heavy (non-hydrogen) atoms. The minimum Gasteiger partial charge on any atom is -0.302 e. The maximum Gasteiger partial charge on any atom is 0.223 e. The SMILES string of the molecule is CC(=O)Nc1ncc(CN2CCC(c3ccc(C#N)cc3)CC2)s1. The fourth-order valence-electron chi connectivity index (χ4n) is 3.06. The van der Waals surface area contributed by atoms with Crippen LogP contribution in [0.4, 0.5) is 5.13 Å². The van der Waals surface area contributed by atoms with E-state index in [4.69, 9.17) is 5.26 Å². The van der Waals surface area contributed by atoms with Crippen LogP contribution in [-0.4, -0.2) is 28.9 Å². The molecule has 5 nitrogen and oxygen atoms in total. The molecule has 6 heteroatoms. The number of aromatic nitrogens is 1. The van der Waals surface area contributed by atoms with E-state index in [2.05, 4.69) is 33.4 Å². The molecular weight excluding hydrogens is 320 g/mol. The molecule has 0 aliphatic carbocycles. The Balaban J connectivity index is 1.52. The van der Waals surface area contributed by atoms with Crippen LogP contribution in [-0.2, 0) is 11.3 Å². The van der Waals surface area contributed by atoms with Crippen molar-refractivity contribution in [2.24, 2.45) is 0 Å². The van der Waals surface area contributed by atoms with Gasteiger partial charge >= 0.3 is 0 Å². The fourth-order valence-corrected chi connectivity index (χ4v) is 3.96. The van der Waals surface area contributed by atoms with Crippen molar-refractivity contribution in [3.8, 4) is 6.07 Å². The van der Waals surface area contributed by atoms with E-state index in [9.17, 15) is 4.79 Å². The second kappa shape index (κ2) is 7.56. The molecule has 1 saturated heterocycles. The Kier molecular flexibility index (Phi) is 5.24. The molecule has 1 aliphatic heterocycles. The largest absolute Gasteiger partial charge is 0.302 e. The van der Waals surface area contributed by atoms with Gasteiger partial charge < -0.3 is 5.32 Å². The van der Waals surface area contributed by atoms with Crippen LogP contribution in [0.5, 0.6) is 0 Å². The first-order valence-corrected chi connectivity index (χ1v) is 8.90. The van der Waals surface area contributed by atoms with Gasteiger partial charge in [-0.3, -0.25) is 9.69 Å². The van der Waals surface area contributed by atoms with Crippen LogP contribution in [0.1, 0.15) is 41.7 Å². The number of amides is 1. The van der Waals surface area contributed by atoms with Crippen molar-refractivity contribution in [3.05, 3.63) is 46.5 Å². The summed E-state index contributed by atoms with van der Waals surface area (Å²) in [7, 11) is 0. The van der Waals surface area contributed by atoms with Crippen LogP contribution in [0.3, 0.4) is 0 Å². The van der Waals surface area contributed by atoms with Gasteiger partial charge in [0.2, 0.25) is 5.91 Å². The lowest BCUT2D eigenvalue weighted by molar-refractivity contribution is -0.114. The maximum absolute atomic E-state index is 11.1. The van der Waals surface area contributed by atoms with Crippen molar-refractivity contribution in [3.63, 3.8) is 0 Å². The van der Waals surface area contributed by atoms with Gasteiger partial charge in [0.1, 0.15) is 0 Å².